The lowest BCUT2D eigenvalue weighted by atomic mass is 10.0. The first-order chi connectivity index (χ1) is 14.9. The number of ether oxygens (including phenoxy) is 1. The Kier molecular flexibility index (Phi) is 7.38. The van der Waals surface area contributed by atoms with Crippen LogP contribution in [0.3, 0.4) is 0 Å². The Labute approximate surface area is 181 Å². The van der Waals surface area contributed by atoms with E-state index in [9.17, 15) is 14.4 Å². The number of nitrogens with one attached hydrogen (secondary N) is 2. The lowest BCUT2D eigenvalue weighted by Gasteiger charge is -2.12. The fourth-order valence-corrected chi connectivity index (χ4v) is 3.16. The minimum absolute atomic E-state index is 0.169. The molecule has 6 heteroatoms. The number of hydrogen-bond acceptors (Lipinski definition) is 4. The average Bonchev–Trinajstić information content (AvgIpc) is 2.76. The van der Waals surface area contributed by atoms with Gasteiger partial charge in [0.2, 0.25) is 5.91 Å². The van der Waals surface area contributed by atoms with E-state index >= 15 is 0 Å². The summed E-state index contributed by atoms with van der Waals surface area (Å²) >= 11 is 0. The third-order valence-corrected chi connectivity index (χ3v) is 4.69. The third-order valence-electron chi connectivity index (χ3n) is 4.69. The van der Waals surface area contributed by atoms with Crippen LogP contribution in [-0.2, 0) is 20.7 Å². The van der Waals surface area contributed by atoms with Crippen molar-refractivity contribution in [2.45, 2.75) is 20.3 Å². The summed E-state index contributed by atoms with van der Waals surface area (Å²) in [6.07, 6.45) is 0.169. The van der Waals surface area contributed by atoms with Crippen molar-refractivity contribution in [3.63, 3.8) is 0 Å². The molecule has 0 aromatic heterocycles. The van der Waals surface area contributed by atoms with E-state index < -0.39 is 5.97 Å². The van der Waals surface area contributed by atoms with Gasteiger partial charge in [-0.2, -0.15) is 0 Å². The van der Waals surface area contributed by atoms with E-state index in [0.717, 1.165) is 16.3 Å². The Hall–Kier alpha value is -3.67. The minimum Gasteiger partial charge on any atom is -0.452 e. The molecular formula is C25H26N2O4. The summed E-state index contributed by atoms with van der Waals surface area (Å²) < 4.78 is 5.12. The fourth-order valence-electron chi connectivity index (χ4n) is 3.16. The maximum Gasteiger partial charge on any atom is 0.340 e. The number of carbonyl (C=O) groups is 3. The minimum atomic E-state index is -0.666. The SMILES string of the molecule is CC(C)CNC(=O)COC(=O)c1ccccc1NC(=O)Cc1cccc2ccccc12. The number of hydrogen-bond donors (Lipinski definition) is 2. The molecular weight excluding hydrogens is 392 g/mol. The molecule has 3 aromatic rings. The third kappa shape index (κ3) is 6.15. The molecule has 160 valence electrons. The Morgan fingerprint density at radius 1 is 0.871 bits per heavy atom. The summed E-state index contributed by atoms with van der Waals surface area (Å²) in [5.41, 5.74) is 1.45. The summed E-state index contributed by atoms with van der Waals surface area (Å²) in [7, 11) is 0. The second-order valence-corrected chi connectivity index (χ2v) is 7.68. The molecule has 0 heterocycles. The summed E-state index contributed by atoms with van der Waals surface area (Å²) in [5, 5.41) is 7.56. The highest BCUT2D eigenvalue weighted by atomic mass is 16.5. The van der Waals surface area contributed by atoms with E-state index in [1.165, 1.54) is 0 Å². The molecule has 0 aliphatic heterocycles. The van der Waals surface area contributed by atoms with Crippen molar-refractivity contribution in [3.05, 3.63) is 77.9 Å². The van der Waals surface area contributed by atoms with Gasteiger partial charge in [-0.25, -0.2) is 4.79 Å². The summed E-state index contributed by atoms with van der Waals surface area (Å²) in [4.78, 5) is 37.0. The normalized spacial score (nSPS) is 10.7. The van der Waals surface area contributed by atoms with Gasteiger partial charge in [-0.15, -0.1) is 0 Å². The smallest absolute Gasteiger partial charge is 0.340 e. The standard InChI is InChI=1S/C25H26N2O4/c1-17(2)15-26-24(29)16-31-25(30)21-12-5-6-13-22(21)27-23(28)14-19-10-7-9-18-8-3-4-11-20(18)19/h3-13,17H,14-16H2,1-2H3,(H,26,29)(H,27,28). The van der Waals surface area contributed by atoms with Crippen molar-refractivity contribution < 1.29 is 19.1 Å². The number of carbonyl (C=O) groups excluding carboxylic acids is 3. The monoisotopic (exact) mass is 418 g/mol. The number of fused-ring (bicyclic) bond motifs is 1. The number of esters is 1. The van der Waals surface area contributed by atoms with Crippen LogP contribution in [0.1, 0.15) is 29.8 Å². The van der Waals surface area contributed by atoms with Crippen molar-refractivity contribution in [3.8, 4) is 0 Å². The number of anilines is 1. The van der Waals surface area contributed by atoms with Crippen LogP contribution in [0, 0.1) is 5.92 Å². The Morgan fingerprint density at radius 3 is 2.39 bits per heavy atom. The van der Waals surface area contributed by atoms with Crippen LogP contribution in [0.2, 0.25) is 0 Å². The van der Waals surface area contributed by atoms with Crippen LogP contribution in [0.5, 0.6) is 0 Å². The summed E-state index contributed by atoms with van der Waals surface area (Å²) in [5.74, 6) is -0.969. The number of benzene rings is 3. The van der Waals surface area contributed by atoms with E-state index in [4.69, 9.17) is 4.74 Å². The van der Waals surface area contributed by atoms with Crippen LogP contribution in [0.15, 0.2) is 66.7 Å². The Bertz CT molecular complexity index is 1090. The predicted octanol–water partition coefficient (Wildman–Crippen LogP) is 3.95. The summed E-state index contributed by atoms with van der Waals surface area (Å²) in [6, 6.07) is 20.3. The van der Waals surface area contributed by atoms with E-state index in [0.29, 0.717) is 18.2 Å². The quantitative estimate of drug-likeness (QED) is 0.543. The van der Waals surface area contributed by atoms with Crippen LogP contribution >= 0.6 is 0 Å². The maximum atomic E-state index is 12.7. The van der Waals surface area contributed by atoms with Gasteiger partial charge in [0.1, 0.15) is 0 Å². The van der Waals surface area contributed by atoms with Gasteiger partial charge < -0.3 is 15.4 Å². The highest BCUT2D eigenvalue weighted by Gasteiger charge is 2.16. The zero-order chi connectivity index (χ0) is 22.2. The zero-order valence-electron chi connectivity index (χ0n) is 17.7. The first-order valence-corrected chi connectivity index (χ1v) is 10.2. The molecule has 0 saturated heterocycles. The number of amides is 2. The van der Waals surface area contributed by atoms with Crippen molar-refractivity contribution in [1.29, 1.82) is 0 Å². The second kappa shape index (κ2) is 10.4. The number of rotatable bonds is 8. The van der Waals surface area contributed by atoms with Crippen LogP contribution in [0.4, 0.5) is 5.69 Å². The van der Waals surface area contributed by atoms with E-state index in [2.05, 4.69) is 10.6 Å². The maximum absolute atomic E-state index is 12.7. The van der Waals surface area contributed by atoms with Crippen molar-refractivity contribution in [1.82, 2.24) is 5.32 Å². The van der Waals surface area contributed by atoms with Gasteiger partial charge in [0.25, 0.3) is 5.91 Å². The highest BCUT2D eigenvalue weighted by molar-refractivity contribution is 6.03. The average molecular weight is 418 g/mol. The van der Waals surface area contributed by atoms with Gasteiger partial charge in [-0.3, -0.25) is 9.59 Å². The van der Waals surface area contributed by atoms with Gasteiger partial charge in [0.15, 0.2) is 6.61 Å². The predicted molar refractivity (Wildman–Crippen MR) is 121 cm³/mol. The molecule has 0 radical (unpaired) electrons. The van der Waals surface area contributed by atoms with Gasteiger partial charge >= 0.3 is 5.97 Å². The molecule has 0 unspecified atom stereocenters. The van der Waals surface area contributed by atoms with Gasteiger partial charge in [0.05, 0.1) is 17.7 Å². The largest absolute Gasteiger partial charge is 0.452 e. The zero-order valence-corrected chi connectivity index (χ0v) is 17.7. The van der Waals surface area contributed by atoms with Crippen LogP contribution in [0.25, 0.3) is 10.8 Å². The molecule has 2 N–H and O–H groups in total. The fraction of sp³-hybridized carbons (Fsp3) is 0.240. The van der Waals surface area contributed by atoms with Gasteiger partial charge in [-0.05, 0) is 34.4 Å². The highest BCUT2D eigenvalue weighted by Crippen LogP contribution is 2.21. The topological polar surface area (TPSA) is 84.5 Å². The van der Waals surface area contributed by atoms with Crippen LogP contribution < -0.4 is 10.6 Å². The van der Waals surface area contributed by atoms with E-state index in [1.54, 1.807) is 24.3 Å². The molecule has 3 aromatic carbocycles. The summed E-state index contributed by atoms with van der Waals surface area (Å²) in [6.45, 7) is 4.09. The molecule has 0 fully saturated rings. The lowest BCUT2D eigenvalue weighted by molar-refractivity contribution is -0.124. The molecule has 2 amide bonds. The molecule has 0 aliphatic rings. The molecule has 3 rings (SSSR count). The van der Waals surface area contributed by atoms with Crippen molar-refractivity contribution in [2.75, 3.05) is 18.5 Å². The molecule has 31 heavy (non-hydrogen) atoms. The molecule has 0 spiro atoms. The molecule has 0 aliphatic carbocycles. The Balaban J connectivity index is 1.65. The van der Waals surface area contributed by atoms with E-state index in [1.807, 2.05) is 56.3 Å². The number of para-hydroxylation sites is 1. The molecule has 0 atom stereocenters. The van der Waals surface area contributed by atoms with Crippen molar-refractivity contribution >= 4 is 34.2 Å². The van der Waals surface area contributed by atoms with Gasteiger partial charge in [0, 0.05) is 6.54 Å². The van der Waals surface area contributed by atoms with Crippen molar-refractivity contribution in [2.24, 2.45) is 5.92 Å². The van der Waals surface area contributed by atoms with E-state index in [-0.39, 0.29) is 30.4 Å². The molecule has 0 saturated carbocycles. The van der Waals surface area contributed by atoms with Crippen LogP contribution in [-0.4, -0.2) is 30.9 Å². The van der Waals surface area contributed by atoms with Gasteiger partial charge in [-0.1, -0.05) is 68.4 Å². The molecule has 0 bridgehead atoms. The first kappa shape index (κ1) is 22.0. The second-order valence-electron chi connectivity index (χ2n) is 7.68. The Morgan fingerprint density at radius 2 is 1.58 bits per heavy atom. The lowest BCUT2D eigenvalue weighted by Crippen LogP contribution is -2.31. The molecule has 6 nitrogen and oxygen atoms in total. The first-order valence-electron chi connectivity index (χ1n) is 10.2.